The van der Waals surface area contributed by atoms with Crippen molar-refractivity contribution in [1.82, 2.24) is 19.9 Å². The lowest BCUT2D eigenvalue weighted by molar-refractivity contribution is -0.125. The third kappa shape index (κ3) is 5.60. The number of benzene rings is 1. The van der Waals surface area contributed by atoms with E-state index in [9.17, 15) is 9.90 Å². The molecular weight excluding hydrogens is 481 g/mol. The molecule has 176 valence electrons. The monoisotopic (exact) mass is 501 g/mol. The van der Waals surface area contributed by atoms with Crippen LogP contribution in [0.5, 0.6) is 5.88 Å². The highest BCUT2D eigenvalue weighted by atomic mass is 35.5. The largest absolute Gasteiger partial charge is 0.462 e. The maximum absolute atomic E-state index is 13.0. The molecule has 4 rings (SSSR count). The van der Waals surface area contributed by atoms with E-state index in [0.717, 1.165) is 6.21 Å². The predicted octanol–water partition coefficient (Wildman–Crippen LogP) is 2.98. The molecule has 1 aliphatic rings. The molecule has 1 unspecified atom stereocenters. The quantitative estimate of drug-likeness (QED) is 0.328. The number of carbonyl (C=O) groups is 1. The second-order valence-corrected chi connectivity index (χ2v) is 8.30. The summed E-state index contributed by atoms with van der Waals surface area (Å²) in [5.41, 5.74) is 0.621. The molecule has 0 radical (unpaired) electrons. The van der Waals surface area contributed by atoms with E-state index >= 15 is 0 Å². The molecule has 34 heavy (non-hydrogen) atoms. The number of hydrogen-bond acceptors (Lipinski definition) is 9. The Morgan fingerprint density at radius 3 is 2.62 bits per heavy atom. The van der Waals surface area contributed by atoms with Crippen LogP contribution in [0.2, 0.25) is 10.0 Å². The van der Waals surface area contributed by atoms with E-state index < -0.39 is 18.1 Å². The van der Waals surface area contributed by atoms with Gasteiger partial charge < -0.3 is 25.9 Å². The summed E-state index contributed by atoms with van der Waals surface area (Å²) in [7, 11) is 0. The van der Waals surface area contributed by atoms with Gasteiger partial charge in [-0.25, -0.2) is 15.0 Å². The van der Waals surface area contributed by atoms with Gasteiger partial charge in [0.2, 0.25) is 5.88 Å². The SMILES string of the molecule is N=Cc1c(Nc2c(Cl)cccc2Cl)ncnc1OC(CN1CC(O)C1)C(=O)Nc1ccccn1. The van der Waals surface area contributed by atoms with Crippen LogP contribution in [0.3, 0.4) is 0 Å². The predicted molar refractivity (Wildman–Crippen MR) is 129 cm³/mol. The molecule has 0 saturated carbocycles. The summed E-state index contributed by atoms with van der Waals surface area (Å²) in [6.45, 7) is 1.06. The Bertz CT molecular complexity index is 1160. The number of para-hydroxylation sites is 1. The Hall–Kier alpha value is -3.31. The normalized spacial score (nSPS) is 14.7. The average Bonchev–Trinajstić information content (AvgIpc) is 2.80. The van der Waals surface area contributed by atoms with Crippen molar-refractivity contribution in [1.29, 1.82) is 5.41 Å². The molecule has 1 aromatic carbocycles. The molecule has 4 N–H and O–H groups in total. The summed E-state index contributed by atoms with van der Waals surface area (Å²) in [6, 6.07) is 10.2. The first kappa shape index (κ1) is 23.8. The molecule has 1 fully saturated rings. The Labute approximate surface area is 205 Å². The van der Waals surface area contributed by atoms with Crippen LogP contribution in [-0.4, -0.2) is 68.9 Å². The zero-order chi connectivity index (χ0) is 24.1. The van der Waals surface area contributed by atoms with E-state index in [-0.39, 0.29) is 23.8 Å². The number of nitrogens with one attached hydrogen (secondary N) is 3. The van der Waals surface area contributed by atoms with Crippen molar-refractivity contribution in [3.8, 4) is 5.88 Å². The molecule has 0 aliphatic carbocycles. The summed E-state index contributed by atoms with van der Waals surface area (Å²) in [5, 5.41) is 24.0. The molecule has 3 heterocycles. The van der Waals surface area contributed by atoms with Gasteiger partial charge in [-0.1, -0.05) is 35.3 Å². The van der Waals surface area contributed by atoms with E-state index in [2.05, 4.69) is 25.6 Å². The molecule has 2 aromatic heterocycles. The van der Waals surface area contributed by atoms with E-state index in [0.29, 0.717) is 34.6 Å². The number of amides is 1. The zero-order valence-corrected chi connectivity index (χ0v) is 19.3. The highest BCUT2D eigenvalue weighted by molar-refractivity contribution is 6.39. The number of aromatic nitrogens is 3. The number of likely N-dealkylation sites (tertiary alicyclic amines) is 1. The number of halogens is 2. The van der Waals surface area contributed by atoms with Crippen molar-refractivity contribution < 1.29 is 14.6 Å². The van der Waals surface area contributed by atoms with Crippen LogP contribution in [0.4, 0.5) is 17.3 Å². The van der Waals surface area contributed by atoms with Crippen molar-refractivity contribution in [2.45, 2.75) is 12.2 Å². The Morgan fingerprint density at radius 2 is 1.97 bits per heavy atom. The van der Waals surface area contributed by atoms with Gasteiger partial charge in [-0.2, -0.15) is 0 Å². The maximum atomic E-state index is 13.0. The van der Waals surface area contributed by atoms with Crippen LogP contribution in [0.15, 0.2) is 48.9 Å². The molecule has 1 amide bonds. The number of nitrogens with zero attached hydrogens (tertiary/aromatic N) is 4. The second kappa shape index (κ2) is 10.7. The molecule has 0 bridgehead atoms. The van der Waals surface area contributed by atoms with Gasteiger partial charge in [-0.15, -0.1) is 0 Å². The summed E-state index contributed by atoms with van der Waals surface area (Å²) in [5.74, 6) is 0.185. The van der Waals surface area contributed by atoms with Crippen LogP contribution in [0.1, 0.15) is 5.56 Å². The van der Waals surface area contributed by atoms with Gasteiger partial charge in [0.05, 0.1) is 27.4 Å². The lowest BCUT2D eigenvalue weighted by atomic mass is 10.1. The first-order valence-electron chi connectivity index (χ1n) is 10.3. The van der Waals surface area contributed by atoms with Crippen LogP contribution < -0.4 is 15.4 Å². The van der Waals surface area contributed by atoms with Crippen molar-refractivity contribution >= 4 is 52.6 Å². The van der Waals surface area contributed by atoms with Gasteiger partial charge >= 0.3 is 0 Å². The fourth-order valence-corrected chi connectivity index (χ4v) is 3.81. The first-order chi connectivity index (χ1) is 16.4. The van der Waals surface area contributed by atoms with Gasteiger partial charge in [-0.3, -0.25) is 9.69 Å². The Kier molecular flexibility index (Phi) is 7.53. The highest BCUT2D eigenvalue weighted by Gasteiger charge is 2.32. The third-order valence-corrected chi connectivity index (χ3v) is 5.65. The van der Waals surface area contributed by atoms with Gasteiger partial charge in [0, 0.05) is 32.0 Å². The minimum absolute atomic E-state index is 0.0259. The number of pyridine rings is 1. The number of ether oxygens (including phenoxy) is 1. The molecule has 0 spiro atoms. The molecule has 1 aliphatic heterocycles. The zero-order valence-electron chi connectivity index (χ0n) is 17.8. The topological polar surface area (TPSA) is 136 Å². The molecule has 3 aromatic rings. The lowest BCUT2D eigenvalue weighted by Crippen LogP contribution is -2.55. The van der Waals surface area contributed by atoms with Crippen LogP contribution in [-0.2, 0) is 4.79 Å². The lowest BCUT2D eigenvalue weighted by Gasteiger charge is -2.37. The van der Waals surface area contributed by atoms with Crippen molar-refractivity contribution in [3.05, 3.63) is 64.5 Å². The molecular formula is C22H21Cl2N7O3. The number of aliphatic hydroxyl groups excluding tert-OH is 1. The smallest absolute Gasteiger partial charge is 0.268 e. The number of anilines is 3. The van der Waals surface area contributed by atoms with Crippen molar-refractivity contribution in [2.24, 2.45) is 0 Å². The number of rotatable bonds is 9. The number of carbonyl (C=O) groups excluding carboxylic acids is 1. The van der Waals surface area contributed by atoms with Gasteiger partial charge in [0.1, 0.15) is 18.0 Å². The summed E-state index contributed by atoms with van der Waals surface area (Å²) in [4.78, 5) is 27.3. The number of hydrogen-bond donors (Lipinski definition) is 4. The second-order valence-electron chi connectivity index (χ2n) is 7.49. The average molecular weight is 502 g/mol. The fourth-order valence-electron chi connectivity index (χ4n) is 3.32. The molecule has 1 atom stereocenters. The van der Waals surface area contributed by atoms with Crippen LogP contribution in [0, 0.1) is 5.41 Å². The van der Waals surface area contributed by atoms with Crippen LogP contribution >= 0.6 is 23.2 Å². The van der Waals surface area contributed by atoms with E-state index in [1.165, 1.54) is 6.33 Å². The Morgan fingerprint density at radius 1 is 1.21 bits per heavy atom. The maximum Gasteiger partial charge on any atom is 0.268 e. The fraction of sp³-hybridized carbons (Fsp3) is 0.227. The highest BCUT2D eigenvalue weighted by Crippen LogP contribution is 2.34. The van der Waals surface area contributed by atoms with E-state index in [4.69, 9.17) is 33.3 Å². The van der Waals surface area contributed by atoms with Crippen molar-refractivity contribution in [3.63, 3.8) is 0 Å². The Balaban J connectivity index is 1.59. The number of β-amino-alcohol motifs (C(OH)–C–C–N with tert-alkyl or cyclic N) is 1. The molecule has 1 saturated heterocycles. The van der Waals surface area contributed by atoms with Crippen LogP contribution in [0.25, 0.3) is 0 Å². The standard InChI is InChI=1S/C22H21Cl2N7O3/c23-15-4-3-5-16(24)19(15)30-20-14(8-25)22(28-12-27-20)34-17(11-31-9-13(32)10-31)21(33)29-18-6-1-2-7-26-18/h1-8,12-13,17,25,32H,9-11H2,(H,26,29,33)(H,27,28,30). The molecule has 10 nitrogen and oxygen atoms in total. The summed E-state index contributed by atoms with van der Waals surface area (Å²) < 4.78 is 5.98. The molecule has 12 heteroatoms. The van der Waals surface area contributed by atoms with Gasteiger partial charge in [-0.05, 0) is 24.3 Å². The summed E-state index contributed by atoms with van der Waals surface area (Å²) in [6.07, 6.45) is 2.39. The van der Waals surface area contributed by atoms with E-state index in [1.807, 2.05) is 4.90 Å². The van der Waals surface area contributed by atoms with Crippen molar-refractivity contribution in [2.75, 3.05) is 30.3 Å². The first-order valence-corrected chi connectivity index (χ1v) is 11.1. The van der Waals surface area contributed by atoms with Gasteiger partial charge in [0.25, 0.3) is 5.91 Å². The summed E-state index contributed by atoms with van der Waals surface area (Å²) >= 11 is 12.5. The minimum atomic E-state index is -1.00. The van der Waals surface area contributed by atoms with E-state index in [1.54, 1.807) is 42.6 Å². The number of aliphatic hydroxyl groups is 1. The van der Waals surface area contributed by atoms with Gasteiger partial charge in [0.15, 0.2) is 6.10 Å². The minimum Gasteiger partial charge on any atom is -0.462 e. The third-order valence-electron chi connectivity index (χ3n) is 5.02.